The average molecular weight is 550 g/mol. The molecule has 1 amide bonds. The van der Waals surface area contributed by atoms with Crippen LogP contribution in [0.5, 0.6) is 5.88 Å². The van der Waals surface area contributed by atoms with Crippen molar-refractivity contribution in [2.75, 3.05) is 31.6 Å². The molecule has 2 aromatic heterocycles. The normalized spacial score (nSPS) is 24.9. The van der Waals surface area contributed by atoms with E-state index in [0.717, 1.165) is 17.3 Å². The summed E-state index contributed by atoms with van der Waals surface area (Å²) in [7, 11) is 0. The maximum absolute atomic E-state index is 14.0. The minimum atomic E-state index is -4.62. The van der Waals surface area contributed by atoms with Crippen molar-refractivity contribution in [3.63, 3.8) is 0 Å². The number of halogens is 4. The number of aliphatic hydroxyl groups is 1. The highest BCUT2D eigenvalue weighted by Crippen LogP contribution is 2.46. The van der Waals surface area contributed by atoms with Crippen molar-refractivity contribution in [2.45, 2.75) is 55.8 Å². The first-order chi connectivity index (χ1) is 18.0. The number of carbonyl (C=O) groups is 1. The summed E-state index contributed by atoms with van der Waals surface area (Å²) in [5, 5.41) is 13.6. The summed E-state index contributed by atoms with van der Waals surface area (Å²) in [5.41, 5.74) is -0.768. The van der Waals surface area contributed by atoms with Gasteiger partial charge in [-0.05, 0) is 69.5 Å². The number of nitrogens with zero attached hydrogens (tertiary/aromatic N) is 4. The van der Waals surface area contributed by atoms with E-state index in [1.165, 1.54) is 10.9 Å². The summed E-state index contributed by atoms with van der Waals surface area (Å²) in [6.45, 7) is 3.56. The number of benzene rings is 1. The Morgan fingerprint density at radius 3 is 2.66 bits per heavy atom. The monoisotopic (exact) mass is 549 g/mol. The van der Waals surface area contributed by atoms with Crippen molar-refractivity contribution in [2.24, 2.45) is 0 Å². The number of hydrogen-bond acceptors (Lipinski definition) is 6. The highest BCUT2D eigenvalue weighted by molar-refractivity contribution is 6.31. The SMILES string of the molecule is C[C@]1(O)C[C@@H](n2cnc3nc(OCCN4CCC5(CC4)C(=O)Nc4ccc(Cl)cc45)cc(C(F)(F)F)c32)C1. The Kier molecular flexibility index (Phi) is 5.89. The number of alkyl halides is 3. The zero-order valence-electron chi connectivity index (χ0n) is 20.7. The van der Waals surface area contributed by atoms with E-state index in [-0.39, 0.29) is 35.6 Å². The van der Waals surface area contributed by atoms with Gasteiger partial charge in [0.05, 0.1) is 22.9 Å². The number of fused-ring (bicyclic) bond motifs is 3. The summed E-state index contributed by atoms with van der Waals surface area (Å²) in [6.07, 6.45) is -1.34. The lowest BCUT2D eigenvalue weighted by Gasteiger charge is -2.41. The Morgan fingerprint density at radius 1 is 1.24 bits per heavy atom. The van der Waals surface area contributed by atoms with Crippen molar-refractivity contribution in [3.05, 3.63) is 46.7 Å². The van der Waals surface area contributed by atoms with E-state index in [4.69, 9.17) is 16.3 Å². The second-order valence-corrected chi connectivity index (χ2v) is 11.2. The van der Waals surface area contributed by atoms with Crippen molar-refractivity contribution in [1.29, 1.82) is 0 Å². The molecule has 38 heavy (non-hydrogen) atoms. The van der Waals surface area contributed by atoms with Crippen LogP contribution in [-0.4, -0.2) is 62.3 Å². The maximum atomic E-state index is 14.0. The fourth-order valence-electron chi connectivity index (χ4n) is 6.06. The molecular weight excluding hydrogens is 523 g/mol. The molecule has 8 nitrogen and oxygen atoms in total. The molecule has 2 fully saturated rings. The molecule has 6 rings (SSSR count). The highest BCUT2D eigenvalue weighted by Gasteiger charge is 2.48. The Balaban J connectivity index is 1.12. The van der Waals surface area contributed by atoms with Gasteiger partial charge in [-0.3, -0.25) is 9.69 Å². The number of pyridine rings is 1. The fourth-order valence-corrected chi connectivity index (χ4v) is 6.23. The second-order valence-electron chi connectivity index (χ2n) is 10.8. The molecule has 3 aliphatic rings. The molecule has 3 aromatic rings. The van der Waals surface area contributed by atoms with Crippen LogP contribution >= 0.6 is 11.6 Å². The number of aromatic nitrogens is 3. The fraction of sp³-hybridized carbons (Fsp3) is 0.500. The van der Waals surface area contributed by atoms with Gasteiger partial charge in [0, 0.05) is 29.4 Å². The van der Waals surface area contributed by atoms with Crippen LogP contribution in [0.2, 0.25) is 5.02 Å². The van der Waals surface area contributed by atoms with Crippen LogP contribution in [-0.2, 0) is 16.4 Å². The van der Waals surface area contributed by atoms with Gasteiger partial charge in [0.15, 0.2) is 5.65 Å². The number of imidazole rings is 1. The van der Waals surface area contributed by atoms with Crippen LogP contribution in [0.3, 0.4) is 0 Å². The summed E-state index contributed by atoms with van der Waals surface area (Å²) in [5.74, 6) is -0.157. The van der Waals surface area contributed by atoms with E-state index in [0.29, 0.717) is 50.3 Å². The Labute approximate surface area is 221 Å². The first-order valence-electron chi connectivity index (χ1n) is 12.6. The number of amides is 1. The maximum Gasteiger partial charge on any atom is 0.418 e. The van der Waals surface area contributed by atoms with E-state index >= 15 is 0 Å². The second kappa shape index (κ2) is 8.82. The Morgan fingerprint density at radius 2 is 1.97 bits per heavy atom. The van der Waals surface area contributed by atoms with Crippen LogP contribution in [0.4, 0.5) is 18.9 Å². The van der Waals surface area contributed by atoms with Gasteiger partial charge >= 0.3 is 6.18 Å². The van der Waals surface area contributed by atoms with Gasteiger partial charge in [0.25, 0.3) is 0 Å². The van der Waals surface area contributed by atoms with Gasteiger partial charge < -0.3 is 19.7 Å². The lowest BCUT2D eigenvalue weighted by atomic mass is 9.73. The van der Waals surface area contributed by atoms with E-state index in [1.807, 2.05) is 12.1 Å². The molecule has 0 atom stereocenters. The third kappa shape index (κ3) is 4.30. The molecular formula is C26H27ClF3N5O3. The molecule has 1 aromatic carbocycles. The number of carbonyl (C=O) groups excluding carboxylic acids is 1. The summed E-state index contributed by atoms with van der Waals surface area (Å²) in [4.78, 5) is 23.3. The number of nitrogens with one attached hydrogen (secondary N) is 1. The number of anilines is 1. The van der Waals surface area contributed by atoms with Crippen molar-refractivity contribution >= 4 is 34.4 Å². The number of likely N-dealkylation sites (tertiary alicyclic amines) is 1. The van der Waals surface area contributed by atoms with Crippen LogP contribution in [0.25, 0.3) is 11.2 Å². The predicted octanol–water partition coefficient (Wildman–Crippen LogP) is 4.55. The summed E-state index contributed by atoms with van der Waals surface area (Å²) < 4.78 is 49.1. The van der Waals surface area contributed by atoms with Crippen molar-refractivity contribution in [3.8, 4) is 5.88 Å². The van der Waals surface area contributed by atoms with Crippen molar-refractivity contribution < 1.29 is 27.8 Å². The highest BCUT2D eigenvalue weighted by atomic mass is 35.5. The third-order valence-corrected chi connectivity index (χ3v) is 8.35. The van der Waals surface area contributed by atoms with Crippen LogP contribution in [0.15, 0.2) is 30.6 Å². The number of ether oxygens (including phenoxy) is 1. The molecule has 12 heteroatoms. The molecule has 2 N–H and O–H groups in total. The van der Waals surface area contributed by atoms with Gasteiger partial charge in [-0.2, -0.15) is 18.2 Å². The third-order valence-electron chi connectivity index (χ3n) is 8.11. The van der Waals surface area contributed by atoms with Crippen LogP contribution < -0.4 is 10.1 Å². The molecule has 0 radical (unpaired) electrons. The van der Waals surface area contributed by atoms with Gasteiger partial charge in [0.1, 0.15) is 12.1 Å². The molecule has 202 valence electrons. The number of hydrogen-bond donors (Lipinski definition) is 2. The van der Waals surface area contributed by atoms with Gasteiger partial charge in [0.2, 0.25) is 11.8 Å². The molecule has 0 bridgehead atoms. The molecule has 1 saturated carbocycles. The Bertz CT molecular complexity index is 1410. The quantitative estimate of drug-likeness (QED) is 0.485. The van der Waals surface area contributed by atoms with E-state index in [1.54, 1.807) is 13.0 Å². The minimum absolute atomic E-state index is 0.0206. The average Bonchev–Trinajstić information content (AvgIpc) is 3.37. The lowest BCUT2D eigenvalue weighted by molar-refractivity contribution is -0.136. The van der Waals surface area contributed by atoms with E-state index in [9.17, 15) is 23.1 Å². The molecule has 2 aliphatic heterocycles. The van der Waals surface area contributed by atoms with Gasteiger partial charge in [-0.1, -0.05) is 11.6 Å². The van der Waals surface area contributed by atoms with Gasteiger partial charge in [-0.25, -0.2) is 4.98 Å². The summed E-state index contributed by atoms with van der Waals surface area (Å²) in [6, 6.07) is 6.08. The van der Waals surface area contributed by atoms with Crippen LogP contribution in [0.1, 0.15) is 49.8 Å². The van der Waals surface area contributed by atoms with E-state index in [2.05, 4.69) is 20.2 Å². The first-order valence-corrected chi connectivity index (χ1v) is 13.0. The predicted molar refractivity (Wildman–Crippen MR) is 134 cm³/mol. The minimum Gasteiger partial charge on any atom is -0.476 e. The largest absolute Gasteiger partial charge is 0.476 e. The molecule has 0 unspecified atom stereocenters. The zero-order valence-corrected chi connectivity index (χ0v) is 21.4. The summed E-state index contributed by atoms with van der Waals surface area (Å²) >= 11 is 6.18. The molecule has 1 saturated heterocycles. The molecule has 1 aliphatic carbocycles. The van der Waals surface area contributed by atoms with Crippen LogP contribution in [0, 0.1) is 0 Å². The zero-order chi connectivity index (χ0) is 26.9. The standard InChI is InChI=1S/C26H27ClF3N5O3/c1-24(37)12-16(13-24)35-14-31-22-21(35)18(26(28,29)30)11-20(33-22)38-9-8-34-6-4-25(5-7-34)17-10-15(27)2-3-19(17)32-23(25)36/h2-3,10-11,14,16,37H,4-9,12-13H2,1H3,(H,32,36)/t16-,24+. The van der Waals surface area contributed by atoms with Crippen molar-refractivity contribution in [1.82, 2.24) is 19.4 Å². The number of piperidine rings is 1. The Hall–Kier alpha value is -2.89. The smallest absolute Gasteiger partial charge is 0.418 e. The first kappa shape index (κ1) is 25.4. The topological polar surface area (TPSA) is 92.5 Å². The molecule has 1 spiro atoms. The number of rotatable bonds is 5. The van der Waals surface area contributed by atoms with Gasteiger partial charge in [-0.15, -0.1) is 0 Å². The lowest BCUT2D eigenvalue weighted by Crippen LogP contribution is -2.47. The molecule has 4 heterocycles. The van der Waals surface area contributed by atoms with E-state index < -0.39 is 22.8 Å².